The summed E-state index contributed by atoms with van der Waals surface area (Å²) in [7, 11) is 7.93. The first-order chi connectivity index (χ1) is 28.4. The standard InChI is InChI=1S/C45H58N4O8.C2H4/c1-8-41(52)23-27-24-44(39(50)56-6,35-29(15-19-48(25-27)26-41)28-13-10-11-14-32(28)46-35)31-21-30-33(22-34(31)54-4)47(3)37-43(30)17-20-49-18-12-16-42(9-2,36(43)49)38(55-5)45(37,53)40(51)57-7;1-2/h10-14,16,21-22,27,36-38,46,52-53H,8-9,15,17-20,23-26H2,1-7H3;1-2H2/t27?,36?,37?,38-,41+,42-,43?,44+,45+;/m1./s1. The molecule has 2 bridgehead atoms. The zero-order valence-electron chi connectivity index (χ0n) is 35.8. The van der Waals surface area contributed by atoms with Crippen molar-refractivity contribution in [3.63, 3.8) is 0 Å². The van der Waals surface area contributed by atoms with Crippen molar-refractivity contribution in [3.05, 3.63) is 84.1 Å². The van der Waals surface area contributed by atoms with Crippen LogP contribution < -0.4 is 9.64 Å². The molecule has 6 heterocycles. The summed E-state index contributed by atoms with van der Waals surface area (Å²) in [5.74, 6) is -0.692. The van der Waals surface area contributed by atoms with E-state index in [1.54, 1.807) is 14.2 Å². The lowest BCUT2D eigenvalue weighted by Gasteiger charge is -2.63. The van der Waals surface area contributed by atoms with E-state index in [4.69, 9.17) is 18.9 Å². The molecular formula is C47H62N4O8. The molecule has 318 valence electrons. The third-order valence-corrected chi connectivity index (χ3v) is 15.6. The molecule has 1 spiro atoms. The SMILES string of the molecule is C=C.CC[C@]1(O)CC2CN(CCc3c([nH]c4ccccc34)[C@@](C(=O)OC)(c3cc4c(cc3OC)N(C)C3C45CCN4CC=C[C@](CC)(C45)[C@@H](OC)[C@]3(O)C(=O)OC)C2)C1. The second-order valence-electron chi connectivity index (χ2n) is 17.8. The van der Waals surface area contributed by atoms with Crippen molar-refractivity contribution in [2.75, 3.05) is 73.1 Å². The monoisotopic (exact) mass is 810 g/mol. The normalized spacial score (nSPS) is 36.8. The fourth-order valence-electron chi connectivity index (χ4n) is 13.5. The fourth-order valence-corrected chi connectivity index (χ4v) is 13.5. The number of piperidine rings is 1. The number of fused-ring (bicyclic) bond motifs is 6. The molecule has 3 fully saturated rings. The Bertz CT molecular complexity index is 2170. The molecule has 9 rings (SSSR count). The summed E-state index contributed by atoms with van der Waals surface area (Å²) in [4.78, 5) is 40.2. The molecule has 5 aliphatic heterocycles. The van der Waals surface area contributed by atoms with Gasteiger partial charge < -0.3 is 39.0 Å². The van der Waals surface area contributed by atoms with Crippen molar-refractivity contribution in [2.45, 2.75) is 92.6 Å². The molecule has 0 radical (unpaired) electrons. The van der Waals surface area contributed by atoms with Gasteiger partial charge in [-0.1, -0.05) is 44.2 Å². The minimum absolute atomic E-state index is 0.0635. The van der Waals surface area contributed by atoms with Crippen molar-refractivity contribution >= 4 is 28.5 Å². The molecule has 3 N–H and O–H groups in total. The summed E-state index contributed by atoms with van der Waals surface area (Å²) in [5, 5.41) is 26.2. The number of methoxy groups -OCH3 is 4. The molecule has 12 heteroatoms. The van der Waals surface area contributed by atoms with Crippen molar-refractivity contribution < 1.29 is 38.7 Å². The number of esters is 2. The van der Waals surface area contributed by atoms with Gasteiger partial charge in [-0.3, -0.25) is 14.6 Å². The average Bonchev–Trinajstić information content (AvgIpc) is 3.92. The molecule has 12 nitrogen and oxygen atoms in total. The van der Waals surface area contributed by atoms with Crippen LogP contribution in [0.25, 0.3) is 10.9 Å². The number of hydrogen-bond acceptors (Lipinski definition) is 11. The zero-order valence-corrected chi connectivity index (χ0v) is 35.8. The predicted octanol–water partition coefficient (Wildman–Crippen LogP) is 4.88. The molecular weight excluding hydrogens is 749 g/mol. The topological polar surface area (TPSA) is 137 Å². The van der Waals surface area contributed by atoms with Crippen LogP contribution >= 0.6 is 0 Å². The molecule has 2 aromatic carbocycles. The lowest BCUT2D eigenvalue weighted by atomic mass is 9.47. The van der Waals surface area contributed by atoms with Crippen LogP contribution in [0.5, 0.6) is 5.75 Å². The number of aromatic amines is 1. The van der Waals surface area contributed by atoms with Gasteiger partial charge in [0.05, 0.1) is 33.0 Å². The van der Waals surface area contributed by atoms with E-state index in [0.29, 0.717) is 56.4 Å². The first-order valence-corrected chi connectivity index (χ1v) is 21.2. The van der Waals surface area contributed by atoms with E-state index >= 15 is 4.79 Å². The van der Waals surface area contributed by atoms with Crippen LogP contribution in [-0.2, 0) is 41.1 Å². The first kappa shape index (κ1) is 41.5. The molecule has 2 saturated heterocycles. The highest BCUT2D eigenvalue weighted by Crippen LogP contribution is 2.68. The van der Waals surface area contributed by atoms with Gasteiger partial charge in [0.2, 0.25) is 5.60 Å². The van der Waals surface area contributed by atoms with Gasteiger partial charge in [0.1, 0.15) is 17.3 Å². The van der Waals surface area contributed by atoms with Gasteiger partial charge in [-0.2, -0.15) is 0 Å². The van der Waals surface area contributed by atoms with E-state index in [9.17, 15) is 15.0 Å². The molecule has 10 atom stereocenters. The number of nitrogens with one attached hydrogen (secondary N) is 1. The Labute approximate surface area is 348 Å². The number of ether oxygens (including phenoxy) is 4. The van der Waals surface area contributed by atoms with E-state index in [1.165, 1.54) is 14.2 Å². The smallest absolute Gasteiger partial charge is 0.342 e. The van der Waals surface area contributed by atoms with Crippen molar-refractivity contribution in [1.82, 2.24) is 14.8 Å². The first-order valence-electron chi connectivity index (χ1n) is 21.2. The lowest BCUT2D eigenvalue weighted by Crippen LogP contribution is -2.81. The number of anilines is 1. The summed E-state index contributed by atoms with van der Waals surface area (Å²) in [6.45, 7) is 13.7. The van der Waals surface area contributed by atoms with E-state index in [2.05, 4.69) is 65.2 Å². The number of aromatic nitrogens is 1. The second-order valence-corrected chi connectivity index (χ2v) is 17.8. The highest BCUT2D eigenvalue weighted by molar-refractivity contribution is 5.95. The molecule has 0 amide bonds. The molecule has 6 aliphatic rings. The number of likely N-dealkylation sites (N-methyl/N-ethyl adjacent to an activating group) is 1. The minimum Gasteiger partial charge on any atom is -0.496 e. The Morgan fingerprint density at radius 1 is 0.949 bits per heavy atom. The highest BCUT2D eigenvalue weighted by Gasteiger charge is 2.79. The van der Waals surface area contributed by atoms with Crippen molar-refractivity contribution in [1.29, 1.82) is 0 Å². The van der Waals surface area contributed by atoms with E-state index in [1.807, 2.05) is 37.1 Å². The zero-order chi connectivity index (χ0) is 42.3. The lowest BCUT2D eigenvalue weighted by molar-refractivity contribution is -0.225. The van der Waals surface area contributed by atoms with Gasteiger partial charge in [-0.05, 0) is 74.2 Å². The number of carbonyl (C=O) groups is 2. The fraction of sp³-hybridized carbons (Fsp3) is 0.574. The van der Waals surface area contributed by atoms with Crippen LogP contribution in [0, 0.1) is 11.3 Å². The summed E-state index contributed by atoms with van der Waals surface area (Å²) in [5.41, 5.74) is -0.635. The largest absolute Gasteiger partial charge is 0.496 e. The molecule has 1 aliphatic carbocycles. The van der Waals surface area contributed by atoms with E-state index in [-0.39, 0.29) is 12.0 Å². The van der Waals surface area contributed by atoms with E-state index in [0.717, 1.165) is 59.6 Å². The molecule has 1 aromatic heterocycles. The highest BCUT2D eigenvalue weighted by atomic mass is 16.6. The Balaban J connectivity index is 0.00000238. The van der Waals surface area contributed by atoms with Gasteiger partial charge in [0, 0.05) is 91.1 Å². The maximum Gasteiger partial charge on any atom is 0.342 e. The number of carbonyl (C=O) groups excluding carboxylic acids is 2. The Hall–Kier alpha value is -4.20. The third-order valence-electron chi connectivity index (χ3n) is 15.6. The number of hydrogen-bond donors (Lipinski definition) is 3. The number of para-hydroxylation sites is 1. The number of nitrogens with zero attached hydrogens (tertiary/aromatic N) is 3. The number of H-pyrrole nitrogens is 1. The number of rotatable bonds is 7. The summed E-state index contributed by atoms with van der Waals surface area (Å²) >= 11 is 0. The average molecular weight is 811 g/mol. The summed E-state index contributed by atoms with van der Waals surface area (Å²) in [6, 6.07) is 11.5. The van der Waals surface area contributed by atoms with Crippen LogP contribution in [0.3, 0.4) is 0 Å². The van der Waals surface area contributed by atoms with Crippen LogP contribution in [0.2, 0.25) is 0 Å². The van der Waals surface area contributed by atoms with Crippen LogP contribution in [0.1, 0.15) is 68.3 Å². The maximum atomic E-state index is 15.3. The maximum absolute atomic E-state index is 15.3. The van der Waals surface area contributed by atoms with Gasteiger partial charge in [-0.25, -0.2) is 4.79 Å². The quantitative estimate of drug-likeness (QED) is 0.223. The van der Waals surface area contributed by atoms with Gasteiger partial charge in [0.25, 0.3) is 0 Å². The van der Waals surface area contributed by atoms with Crippen molar-refractivity contribution in [2.24, 2.45) is 11.3 Å². The predicted molar refractivity (Wildman–Crippen MR) is 227 cm³/mol. The van der Waals surface area contributed by atoms with Gasteiger partial charge in [0.15, 0.2) is 0 Å². The van der Waals surface area contributed by atoms with Crippen molar-refractivity contribution in [3.8, 4) is 5.75 Å². The summed E-state index contributed by atoms with van der Waals surface area (Å²) < 4.78 is 24.1. The Kier molecular flexibility index (Phi) is 10.4. The molecule has 5 unspecified atom stereocenters. The van der Waals surface area contributed by atoms with Crippen LogP contribution in [-0.4, -0.2) is 135 Å². The third kappa shape index (κ3) is 5.38. The summed E-state index contributed by atoms with van der Waals surface area (Å²) in [6.07, 6.45) is 6.88. The minimum atomic E-state index is -2.06. The molecule has 1 saturated carbocycles. The molecule has 3 aromatic rings. The second kappa shape index (κ2) is 14.8. The van der Waals surface area contributed by atoms with Gasteiger partial charge in [-0.15, -0.1) is 13.2 Å². The van der Waals surface area contributed by atoms with Crippen LogP contribution in [0.4, 0.5) is 5.69 Å². The van der Waals surface area contributed by atoms with Crippen LogP contribution in [0.15, 0.2) is 61.7 Å². The Morgan fingerprint density at radius 3 is 2.37 bits per heavy atom. The number of benzene rings is 2. The Morgan fingerprint density at radius 2 is 1.69 bits per heavy atom. The number of aliphatic hydroxyl groups is 2. The molecule has 59 heavy (non-hydrogen) atoms. The van der Waals surface area contributed by atoms with Gasteiger partial charge >= 0.3 is 11.9 Å². The van der Waals surface area contributed by atoms with E-state index < -0.39 is 51.5 Å².